The highest BCUT2D eigenvalue weighted by Crippen LogP contribution is 2.18. The van der Waals surface area contributed by atoms with Crippen molar-refractivity contribution in [1.82, 2.24) is 20.4 Å². The minimum Gasteiger partial charge on any atom is -0.356 e. The van der Waals surface area contributed by atoms with Gasteiger partial charge in [-0.3, -0.25) is 9.79 Å². The van der Waals surface area contributed by atoms with Crippen LogP contribution in [-0.2, 0) is 11.2 Å². The lowest BCUT2D eigenvalue weighted by Gasteiger charge is -2.32. The molecule has 174 valence electrons. The molecule has 2 saturated heterocycles. The number of guanidine groups is 1. The van der Waals surface area contributed by atoms with Crippen LogP contribution in [0.3, 0.4) is 0 Å². The molecule has 2 aliphatic heterocycles. The van der Waals surface area contributed by atoms with Crippen molar-refractivity contribution in [3.05, 3.63) is 35.9 Å². The third-order valence-electron chi connectivity index (χ3n) is 6.39. The molecular formula is C24H40IN5O. The summed E-state index contributed by atoms with van der Waals surface area (Å²) >= 11 is 0. The Kier molecular flexibility index (Phi) is 11.6. The van der Waals surface area contributed by atoms with Gasteiger partial charge in [0.15, 0.2) is 5.96 Å². The number of benzene rings is 1. The van der Waals surface area contributed by atoms with Crippen LogP contribution in [0.4, 0.5) is 0 Å². The van der Waals surface area contributed by atoms with Gasteiger partial charge in [-0.15, -0.1) is 24.0 Å². The molecule has 1 amide bonds. The molecule has 2 heterocycles. The number of carbonyl (C=O) groups excluding carboxylic acids is 1. The SMILES string of the molecule is CCCN1CCC(CNC(=NC)NCC2CC(=O)N(CCc3ccccc3)C2)CC1.I. The number of hydrogen-bond acceptors (Lipinski definition) is 3. The van der Waals surface area contributed by atoms with E-state index >= 15 is 0 Å². The van der Waals surface area contributed by atoms with E-state index in [2.05, 4.69) is 51.7 Å². The van der Waals surface area contributed by atoms with Crippen molar-refractivity contribution >= 4 is 35.8 Å². The van der Waals surface area contributed by atoms with Crippen LogP contribution in [0.25, 0.3) is 0 Å². The first-order chi connectivity index (χ1) is 14.7. The Labute approximate surface area is 205 Å². The smallest absolute Gasteiger partial charge is 0.223 e. The Balaban J connectivity index is 0.00000341. The van der Waals surface area contributed by atoms with E-state index in [1.807, 2.05) is 18.0 Å². The van der Waals surface area contributed by atoms with Gasteiger partial charge in [0.25, 0.3) is 0 Å². The standard InChI is InChI=1S/C24H39N5O.HI/c1-3-12-28-13-9-21(10-14-28)17-26-24(25-2)27-18-22-16-23(30)29(19-22)15-11-20-7-5-4-6-8-20;/h4-8,21-22H,3,9-19H2,1-2H3,(H2,25,26,27);1H. The fourth-order valence-electron chi connectivity index (χ4n) is 4.55. The normalized spacial score (nSPS) is 20.6. The second-order valence-electron chi connectivity index (χ2n) is 8.76. The van der Waals surface area contributed by atoms with Crippen LogP contribution in [0.1, 0.15) is 38.2 Å². The number of piperidine rings is 1. The summed E-state index contributed by atoms with van der Waals surface area (Å²) in [6.07, 6.45) is 5.32. The lowest BCUT2D eigenvalue weighted by molar-refractivity contribution is -0.127. The van der Waals surface area contributed by atoms with E-state index < -0.39 is 0 Å². The lowest BCUT2D eigenvalue weighted by atomic mass is 9.97. The van der Waals surface area contributed by atoms with Crippen molar-refractivity contribution in [1.29, 1.82) is 0 Å². The minimum absolute atomic E-state index is 0. The van der Waals surface area contributed by atoms with E-state index in [9.17, 15) is 4.79 Å². The topological polar surface area (TPSA) is 60.0 Å². The Morgan fingerprint density at radius 3 is 2.39 bits per heavy atom. The number of carbonyl (C=O) groups is 1. The fraction of sp³-hybridized carbons (Fsp3) is 0.667. The second kappa shape index (κ2) is 13.9. The first-order valence-corrected chi connectivity index (χ1v) is 11.7. The van der Waals surface area contributed by atoms with E-state index in [4.69, 9.17) is 0 Å². The van der Waals surface area contributed by atoms with Gasteiger partial charge in [0.2, 0.25) is 5.91 Å². The van der Waals surface area contributed by atoms with Crippen LogP contribution < -0.4 is 10.6 Å². The summed E-state index contributed by atoms with van der Waals surface area (Å²) in [6.45, 7) is 9.34. The maximum Gasteiger partial charge on any atom is 0.223 e. The Hall–Kier alpha value is -1.35. The molecule has 2 N–H and O–H groups in total. The Morgan fingerprint density at radius 2 is 1.74 bits per heavy atom. The van der Waals surface area contributed by atoms with Crippen molar-refractivity contribution in [2.75, 3.05) is 52.9 Å². The predicted molar refractivity (Wildman–Crippen MR) is 139 cm³/mol. The second-order valence-corrected chi connectivity index (χ2v) is 8.76. The summed E-state index contributed by atoms with van der Waals surface area (Å²) in [5, 5.41) is 6.95. The number of hydrogen-bond donors (Lipinski definition) is 2. The molecule has 1 aromatic carbocycles. The number of aliphatic imine (C=N–C) groups is 1. The summed E-state index contributed by atoms with van der Waals surface area (Å²) in [5.41, 5.74) is 1.29. The molecule has 0 bridgehead atoms. The van der Waals surface area contributed by atoms with Gasteiger partial charge >= 0.3 is 0 Å². The average molecular weight is 542 g/mol. The largest absolute Gasteiger partial charge is 0.356 e. The fourth-order valence-corrected chi connectivity index (χ4v) is 4.55. The molecule has 31 heavy (non-hydrogen) atoms. The van der Waals surface area contributed by atoms with Crippen molar-refractivity contribution in [3.63, 3.8) is 0 Å². The predicted octanol–water partition coefficient (Wildman–Crippen LogP) is 2.98. The number of nitrogens with one attached hydrogen (secondary N) is 2. The highest BCUT2D eigenvalue weighted by molar-refractivity contribution is 14.0. The van der Waals surface area contributed by atoms with Crippen LogP contribution in [-0.4, -0.2) is 74.5 Å². The minimum atomic E-state index is 0. The highest BCUT2D eigenvalue weighted by atomic mass is 127. The molecule has 0 saturated carbocycles. The molecule has 0 aromatic heterocycles. The summed E-state index contributed by atoms with van der Waals surface area (Å²) in [5.74, 6) is 2.21. The summed E-state index contributed by atoms with van der Waals surface area (Å²) in [7, 11) is 1.82. The van der Waals surface area contributed by atoms with E-state index in [1.165, 1.54) is 44.5 Å². The highest BCUT2D eigenvalue weighted by Gasteiger charge is 2.29. The molecule has 2 fully saturated rings. The van der Waals surface area contributed by atoms with E-state index in [0.717, 1.165) is 44.5 Å². The van der Waals surface area contributed by atoms with E-state index in [-0.39, 0.29) is 29.9 Å². The summed E-state index contributed by atoms with van der Waals surface area (Å²) in [6, 6.07) is 10.4. The molecule has 1 aromatic rings. The number of amides is 1. The van der Waals surface area contributed by atoms with Gasteiger partial charge in [-0.25, -0.2) is 0 Å². The molecule has 7 heteroatoms. The Bertz CT molecular complexity index is 676. The van der Waals surface area contributed by atoms with Crippen molar-refractivity contribution < 1.29 is 4.79 Å². The Morgan fingerprint density at radius 1 is 1.06 bits per heavy atom. The van der Waals surface area contributed by atoms with E-state index in [0.29, 0.717) is 12.3 Å². The van der Waals surface area contributed by atoms with Crippen molar-refractivity contribution in [3.8, 4) is 0 Å². The summed E-state index contributed by atoms with van der Waals surface area (Å²) in [4.78, 5) is 21.3. The van der Waals surface area contributed by atoms with Gasteiger partial charge < -0.3 is 20.4 Å². The molecule has 2 aliphatic rings. The van der Waals surface area contributed by atoms with Gasteiger partial charge in [-0.05, 0) is 56.8 Å². The zero-order valence-electron chi connectivity index (χ0n) is 19.2. The number of nitrogens with zero attached hydrogens (tertiary/aromatic N) is 3. The molecule has 1 atom stereocenters. The first-order valence-electron chi connectivity index (χ1n) is 11.7. The molecule has 0 spiro atoms. The molecule has 6 nitrogen and oxygen atoms in total. The number of rotatable bonds is 9. The number of likely N-dealkylation sites (tertiary alicyclic amines) is 2. The van der Waals surface area contributed by atoms with Crippen LogP contribution in [0, 0.1) is 11.8 Å². The molecule has 0 radical (unpaired) electrons. The van der Waals surface area contributed by atoms with Crippen LogP contribution in [0.2, 0.25) is 0 Å². The lowest BCUT2D eigenvalue weighted by Crippen LogP contribution is -2.44. The van der Waals surface area contributed by atoms with Crippen LogP contribution in [0.5, 0.6) is 0 Å². The van der Waals surface area contributed by atoms with Gasteiger partial charge in [0, 0.05) is 45.6 Å². The van der Waals surface area contributed by atoms with Gasteiger partial charge in [0.05, 0.1) is 0 Å². The molecule has 3 rings (SSSR count). The third-order valence-corrected chi connectivity index (χ3v) is 6.39. The maximum absolute atomic E-state index is 12.4. The third kappa shape index (κ3) is 8.60. The van der Waals surface area contributed by atoms with Crippen molar-refractivity contribution in [2.45, 2.75) is 39.0 Å². The monoisotopic (exact) mass is 541 g/mol. The van der Waals surface area contributed by atoms with Gasteiger partial charge in [0.1, 0.15) is 0 Å². The number of halogens is 1. The van der Waals surface area contributed by atoms with Gasteiger partial charge in [-0.2, -0.15) is 0 Å². The van der Waals surface area contributed by atoms with Crippen LogP contribution in [0.15, 0.2) is 35.3 Å². The summed E-state index contributed by atoms with van der Waals surface area (Å²) < 4.78 is 0. The molecule has 0 aliphatic carbocycles. The zero-order valence-corrected chi connectivity index (χ0v) is 21.5. The van der Waals surface area contributed by atoms with Crippen LogP contribution >= 0.6 is 24.0 Å². The first kappa shape index (κ1) is 25.9. The van der Waals surface area contributed by atoms with Gasteiger partial charge in [-0.1, -0.05) is 37.3 Å². The zero-order chi connectivity index (χ0) is 21.2. The molecular weight excluding hydrogens is 501 g/mol. The average Bonchev–Trinajstić information content (AvgIpc) is 3.14. The van der Waals surface area contributed by atoms with E-state index in [1.54, 1.807) is 0 Å². The quantitative estimate of drug-likeness (QED) is 0.287. The maximum atomic E-state index is 12.4. The van der Waals surface area contributed by atoms with Crippen molar-refractivity contribution in [2.24, 2.45) is 16.8 Å². The molecule has 1 unspecified atom stereocenters.